The molecule has 2 fully saturated rings. The maximum Gasteiger partial charge on any atom is 0.317 e. The fourth-order valence-corrected chi connectivity index (χ4v) is 6.21. The molecule has 7 nitrogen and oxygen atoms in total. The molecule has 0 radical (unpaired) electrons. The van der Waals surface area contributed by atoms with E-state index in [9.17, 15) is 13.2 Å². The van der Waals surface area contributed by atoms with Gasteiger partial charge in [0.1, 0.15) is 0 Å². The van der Waals surface area contributed by atoms with Gasteiger partial charge in [-0.2, -0.15) is 4.31 Å². The van der Waals surface area contributed by atoms with Crippen molar-refractivity contribution in [3.8, 4) is 0 Å². The quantitative estimate of drug-likeness (QED) is 0.627. The summed E-state index contributed by atoms with van der Waals surface area (Å²) in [5, 5.41) is 2.98. The van der Waals surface area contributed by atoms with Gasteiger partial charge in [0, 0.05) is 37.2 Å². The number of hydrogen-bond donors (Lipinski definition) is 1. The molecule has 2 amide bonds. The normalized spacial score (nSPS) is 20.0. The zero-order valence-corrected chi connectivity index (χ0v) is 19.4. The van der Waals surface area contributed by atoms with E-state index < -0.39 is 10.0 Å². The molecule has 1 aromatic rings. The molecule has 29 heavy (non-hydrogen) atoms. The first-order valence-electron chi connectivity index (χ1n) is 10.4. The molecule has 2 aliphatic heterocycles. The molecule has 1 N–H and O–H groups in total. The van der Waals surface area contributed by atoms with Gasteiger partial charge in [-0.15, -0.1) is 0 Å². The minimum absolute atomic E-state index is 0.102. The Morgan fingerprint density at radius 3 is 2.41 bits per heavy atom. The van der Waals surface area contributed by atoms with E-state index in [0.29, 0.717) is 37.2 Å². The van der Waals surface area contributed by atoms with E-state index in [1.54, 1.807) is 29.2 Å². The number of hydrogen-bond acceptors (Lipinski definition) is 4. The van der Waals surface area contributed by atoms with Crippen LogP contribution in [-0.4, -0.2) is 80.9 Å². The van der Waals surface area contributed by atoms with E-state index in [-0.39, 0.29) is 10.9 Å². The van der Waals surface area contributed by atoms with E-state index in [4.69, 9.17) is 0 Å². The van der Waals surface area contributed by atoms with Crippen LogP contribution in [0.15, 0.2) is 33.6 Å². The van der Waals surface area contributed by atoms with Crippen LogP contribution in [0.25, 0.3) is 0 Å². The lowest BCUT2D eigenvalue weighted by Gasteiger charge is -2.34. The second-order valence-electron chi connectivity index (χ2n) is 7.93. The Labute approximate surface area is 182 Å². The van der Waals surface area contributed by atoms with Crippen LogP contribution in [0.4, 0.5) is 4.79 Å². The van der Waals surface area contributed by atoms with Crippen molar-refractivity contribution in [1.82, 2.24) is 19.4 Å². The lowest BCUT2D eigenvalue weighted by molar-refractivity contribution is 0.169. The number of nitrogens with zero attached hydrogens (tertiary/aromatic N) is 3. The van der Waals surface area contributed by atoms with E-state index >= 15 is 0 Å². The first kappa shape index (κ1) is 22.5. The smallest absolute Gasteiger partial charge is 0.317 e. The van der Waals surface area contributed by atoms with Crippen molar-refractivity contribution >= 4 is 32.0 Å². The zero-order chi connectivity index (χ0) is 20.9. The Bertz CT molecular complexity index is 789. The highest BCUT2D eigenvalue weighted by atomic mass is 79.9. The highest BCUT2D eigenvalue weighted by molar-refractivity contribution is 9.10. The topological polar surface area (TPSA) is 73.0 Å². The summed E-state index contributed by atoms with van der Waals surface area (Å²) in [5.41, 5.74) is 0. The number of likely N-dealkylation sites (tertiary alicyclic amines) is 1. The number of halogens is 1. The Kier molecular flexibility index (Phi) is 7.95. The molecule has 162 valence electrons. The summed E-state index contributed by atoms with van der Waals surface area (Å²) in [6.07, 6.45) is 3.47. The van der Waals surface area contributed by atoms with E-state index in [1.807, 2.05) is 0 Å². The lowest BCUT2D eigenvalue weighted by Crippen LogP contribution is -2.53. The second kappa shape index (κ2) is 10.2. The maximum absolute atomic E-state index is 12.8. The Hall–Kier alpha value is -1.16. The third kappa shape index (κ3) is 5.93. The van der Waals surface area contributed by atoms with Gasteiger partial charge in [0.15, 0.2) is 0 Å². The minimum atomic E-state index is -3.56. The van der Waals surface area contributed by atoms with Crippen LogP contribution in [0.1, 0.15) is 26.2 Å². The van der Waals surface area contributed by atoms with Gasteiger partial charge in [-0.25, -0.2) is 13.2 Å². The molecule has 0 unspecified atom stereocenters. The van der Waals surface area contributed by atoms with Crippen molar-refractivity contribution in [2.45, 2.75) is 31.1 Å². The summed E-state index contributed by atoms with van der Waals surface area (Å²) in [6, 6.07) is 6.72. The van der Waals surface area contributed by atoms with Gasteiger partial charge in [0.2, 0.25) is 10.0 Å². The molecule has 0 saturated carbocycles. The molecular formula is C20H31BrN4O3S. The molecule has 1 aromatic carbocycles. The van der Waals surface area contributed by atoms with Gasteiger partial charge in [0.05, 0.1) is 4.90 Å². The zero-order valence-electron chi connectivity index (χ0n) is 17.0. The van der Waals surface area contributed by atoms with Crippen molar-refractivity contribution < 1.29 is 13.2 Å². The average molecular weight is 487 g/mol. The molecule has 2 aliphatic rings. The standard InChI is InChI=1S/C20H31BrN4O3S/c1-17-7-11-23(12-8-17)10-4-9-22-20(26)24-13-15-25(16-14-24)29(27,28)19-6-3-2-5-18(19)21/h2-3,5-6,17H,4,7-16H2,1H3,(H,22,26). The van der Waals surface area contributed by atoms with Crippen LogP contribution in [0, 0.1) is 5.92 Å². The number of carbonyl (C=O) groups excluding carboxylic acids is 1. The summed E-state index contributed by atoms with van der Waals surface area (Å²) < 4.78 is 27.7. The number of benzene rings is 1. The van der Waals surface area contributed by atoms with Gasteiger partial charge >= 0.3 is 6.03 Å². The summed E-state index contributed by atoms with van der Waals surface area (Å²) in [5.74, 6) is 0.830. The van der Waals surface area contributed by atoms with Crippen LogP contribution >= 0.6 is 15.9 Å². The summed E-state index contributed by atoms with van der Waals surface area (Å²) >= 11 is 3.32. The summed E-state index contributed by atoms with van der Waals surface area (Å²) in [6.45, 7) is 7.71. The SMILES string of the molecule is CC1CCN(CCCNC(=O)N2CCN(S(=O)(=O)c3ccccc3Br)CC2)CC1. The van der Waals surface area contributed by atoms with Gasteiger partial charge in [-0.3, -0.25) is 0 Å². The van der Waals surface area contributed by atoms with Crippen molar-refractivity contribution in [1.29, 1.82) is 0 Å². The molecule has 3 rings (SSSR count). The molecule has 0 aliphatic carbocycles. The molecule has 2 heterocycles. The van der Waals surface area contributed by atoms with Crippen LogP contribution in [-0.2, 0) is 10.0 Å². The third-order valence-corrected chi connectivity index (χ3v) is 8.69. The van der Waals surface area contributed by atoms with Crippen LogP contribution in [0.5, 0.6) is 0 Å². The fourth-order valence-electron chi connectivity index (χ4n) is 3.82. The van der Waals surface area contributed by atoms with Crippen molar-refractivity contribution in [2.75, 3.05) is 52.4 Å². The Morgan fingerprint density at radius 1 is 1.10 bits per heavy atom. The van der Waals surface area contributed by atoms with E-state index in [1.165, 1.54) is 17.1 Å². The van der Waals surface area contributed by atoms with Crippen molar-refractivity contribution in [2.24, 2.45) is 5.92 Å². The molecular weight excluding hydrogens is 456 g/mol. The monoisotopic (exact) mass is 486 g/mol. The fraction of sp³-hybridized carbons (Fsp3) is 0.650. The first-order valence-corrected chi connectivity index (χ1v) is 12.6. The largest absolute Gasteiger partial charge is 0.338 e. The van der Waals surface area contributed by atoms with Crippen molar-refractivity contribution in [3.63, 3.8) is 0 Å². The Morgan fingerprint density at radius 2 is 1.76 bits per heavy atom. The van der Waals surface area contributed by atoms with Gasteiger partial charge < -0.3 is 15.1 Å². The molecule has 0 spiro atoms. The molecule has 0 aromatic heterocycles. The van der Waals surface area contributed by atoms with Gasteiger partial charge in [0.25, 0.3) is 0 Å². The summed E-state index contributed by atoms with van der Waals surface area (Å²) in [4.78, 5) is 16.8. The number of amides is 2. The number of piperazine rings is 1. The van der Waals surface area contributed by atoms with Gasteiger partial charge in [-0.05, 0) is 72.9 Å². The Balaban J connectivity index is 1.40. The van der Waals surface area contributed by atoms with Crippen LogP contribution < -0.4 is 5.32 Å². The van der Waals surface area contributed by atoms with Crippen molar-refractivity contribution in [3.05, 3.63) is 28.7 Å². The number of sulfonamides is 1. The molecule has 0 atom stereocenters. The maximum atomic E-state index is 12.8. The molecule has 9 heteroatoms. The van der Waals surface area contributed by atoms with Crippen LogP contribution in [0.2, 0.25) is 0 Å². The first-order chi connectivity index (χ1) is 13.9. The van der Waals surface area contributed by atoms with E-state index in [2.05, 4.69) is 33.1 Å². The number of rotatable bonds is 6. The van der Waals surface area contributed by atoms with E-state index in [0.717, 1.165) is 32.0 Å². The predicted molar refractivity (Wildman–Crippen MR) is 117 cm³/mol. The van der Waals surface area contributed by atoms with Crippen LogP contribution in [0.3, 0.4) is 0 Å². The number of urea groups is 1. The van der Waals surface area contributed by atoms with Gasteiger partial charge in [-0.1, -0.05) is 19.1 Å². The lowest BCUT2D eigenvalue weighted by atomic mass is 9.99. The average Bonchev–Trinajstić information content (AvgIpc) is 2.72. The number of nitrogens with one attached hydrogen (secondary N) is 1. The predicted octanol–water partition coefficient (Wildman–Crippen LogP) is 2.59. The number of piperidine rings is 1. The second-order valence-corrected chi connectivity index (χ2v) is 10.7. The summed E-state index contributed by atoms with van der Waals surface area (Å²) in [7, 11) is -3.56. The number of carbonyl (C=O) groups is 1. The highest BCUT2D eigenvalue weighted by Crippen LogP contribution is 2.25. The third-order valence-electron chi connectivity index (χ3n) is 5.78. The molecule has 0 bridgehead atoms. The minimum Gasteiger partial charge on any atom is -0.338 e. The molecule has 2 saturated heterocycles. The highest BCUT2D eigenvalue weighted by Gasteiger charge is 2.31.